The van der Waals surface area contributed by atoms with Gasteiger partial charge in [-0.2, -0.15) is 0 Å². The SMILES string of the molecule is CCNc1ccc(COC(C)=O)cc1.[HH]. The van der Waals surface area contributed by atoms with Crippen molar-refractivity contribution in [1.29, 1.82) is 0 Å². The van der Waals surface area contributed by atoms with Gasteiger partial charge in [-0.3, -0.25) is 4.79 Å². The highest BCUT2D eigenvalue weighted by molar-refractivity contribution is 5.65. The predicted octanol–water partition coefficient (Wildman–Crippen LogP) is 2.43. The van der Waals surface area contributed by atoms with E-state index >= 15 is 0 Å². The van der Waals surface area contributed by atoms with Gasteiger partial charge in [0.15, 0.2) is 0 Å². The molecule has 0 saturated heterocycles. The Balaban J connectivity index is 0.00000196. The number of hydrogen-bond donors (Lipinski definition) is 1. The van der Waals surface area contributed by atoms with Gasteiger partial charge in [0.05, 0.1) is 0 Å². The van der Waals surface area contributed by atoms with E-state index < -0.39 is 0 Å². The molecule has 0 fully saturated rings. The summed E-state index contributed by atoms with van der Waals surface area (Å²) in [6, 6.07) is 7.84. The summed E-state index contributed by atoms with van der Waals surface area (Å²) in [5, 5.41) is 3.19. The molecule has 1 N–H and O–H groups in total. The Morgan fingerprint density at radius 2 is 2.07 bits per heavy atom. The Labute approximate surface area is 85.6 Å². The molecule has 0 aliphatic heterocycles. The number of nitrogens with one attached hydrogen (secondary N) is 1. The monoisotopic (exact) mass is 195 g/mol. The Bertz CT molecular complexity index is 298. The average molecular weight is 195 g/mol. The third-order valence-corrected chi connectivity index (χ3v) is 1.78. The molecule has 3 nitrogen and oxygen atoms in total. The first kappa shape index (κ1) is 10.6. The maximum Gasteiger partial charge on any atom is 0.302 e. The molecule has 0 saturated carbocycles. The van der Waals surface area contributed by atoms with Gasteiger partial charge in [-0.05, 0) is 24.6 Å². The molecule has 0 atom stereocenters. The topological polar surface area (TPSA) is 38.3 Å². The van der Waals surface area contributed by atoms with Gasteiger partial charge >= 0.3 is 5.97 Å². The zero-order chi connectivity index (χ0) is 10.4. The van der Waals surface area contributed by atoms with Crippen molar-refractivity contribution in [3.8, 4) is 0 Å². The van der Waals surface area contributed by atoms with Gasteiger partial charge in [0.2, 0.25) is 0 Å². The quantitative estimate of drug-likeness (QED) is 0.750. The summed E-state index contributed by atoms with van der Waals surface area (Å²) in [4.78, 5) is 10.6. The van der Waals surface area contributed by atoms with Gasteiger partial charge in [0.25, 0.3) is 0 Å². The van der Waals surface area contributed by atoms with Crippen LogP contribution < -0.4 is 5.32 Å². The molecule has 0 heterocycles. The lowest BCUT2D eigenvalue weighted by Gasteiger charge is -2.05. The molecule has 78 valence electrons. The molecular formula is C11H17NO2. The van der Waals surface area contributed by atoms with E-state index in [4.69, 9.17) is 4.74 Å². The fraction of sp³-hybridized carbons (Fsp3) is 0.364. The minimum absolute atomic E-state index is 0. The highest BCUT2D eigenvalue weighted by Crippen LogP contribution is 2.09. The number of ether oxygens (including phenoxy) is 1. The minimum Gasteiger partial charge on any atom is -0.461 e. The lowest BCUT2D eigenvalue weighted by atomic mass is 10.2. The van der Waals surface area contributed by atoms with Crippen LogP contribution in [0.4, 0.5) is 5.69 Å². The van der Waals surface area contributed by atoms with Crippen LogP contribution in [0.5, 0.6) is 0 Å². The van der Waals surface area contributed by atoms with Crippen molar-refractivity contribution >= 4 is 11.7 Å². The average Bonchev–Trinajstić information content (AvgIpc) is 2.17. The Hall–Kier alpha value is -1.51. The summed E-state index contributed by atoms with van der Waals surface area (Å²) in [5.41, 5.74) is 2.08. The number of hydrogen-bond acceptors (Lipinski definition) is 3. The van der Waals surface area contributed by atoms with Crippen LogP contribution in [0.15, 0.2) is 24.3 Å². The predicted molar refractivity (Wildman–Crippen MR) is 58.2 cm³/mol. The number of carbonyl (C=O) groups excluding carboxylic acids is 1. The Kier molecular flexibility index (Phi) is 3.98. The lowest BCUT2D eigenvalue weighted by molar-refractivity contribution is -0.142. The number of rotatable bonds is 4. The van der Waals surface area contributed by atoms with Crippen LogP contribution in [0.2, 0.25) is 0 Å². The standard InChI is InChI=1S/C11H15NO2.H2/c1-3-12-11-6-4-10(5-7-11)8-14-9(2)13;/h4-7,12H,3,8H2,1-2H3;1H. The molecule has 0 aromatic heterocycles. The highest BCUT2D eigenvalue weighted by Gasteiger charge is 1.96. The van der Waals surface area contributed by atoms with Crippen LogP contribution in [0.25, 0.3) is 0 Å². The maximum atomic E-state index is 10.6. The molecular weight excluding hydrogens is 178 g/mol. The Morgan fingerprint density at radius 1 is 1.43 bits per heavy atom. The van der Waals surface area contributed by atoms with Crippen molar-refractivity contribution in [1.82, 2.24) is 0 Å². The fourth-order valence-electron chi connectivity index (χ4n) is 1.11. The third-order valence-electron chi connectivity index (χ3n) is 1.78. The van der Waals surface area contributed by atoms with Gasteiger partial charge in [-0.15, -0.1) is 0 Å². The number of anilines is 1. The fourth-order valence-corrected chi connectivity index (χ4v) is 1.11. The molecule has 0 bridgehead atoms. The molecule has 0 aliphatic rings. The first-order chi connectivity index (χ1) is 6.72. The normalized spacial score (nSPS) is 9.57. The molecule has 0 radical (unpaired) electrons. The van der Waals surface area contributed by atoms with Crippen molar-refractivity contribution in [2.75, 3.05) is 11.9 Å². The van der Waals surface area contributed by atoms with Gasteiger partial charge in [-0.25, -0.2) is 0 Å². The summed E-state index contributed by atoms with van der Waals surface area (Å²) in [6.45, 7) is 4.71. The van der Waals surface area contributed by atoms with Crippen LogP contribution in [-0.4, -0.2) is 12.5 Å². The first-order valence-corrected chi connectivity index (χ1v) is 4.68. The zero-order valence-electron chi connectivity index (χ0n) is 8.54. The van der Waals surface area contributed by atoms with Gasteiger partial charge < -0.3 is 10.1 Å². The largest absolute Gasteiger partial charge is 0.461 e. The molecule has 0 amide bonds. The second kappa shape index (κ2) is 5.27. The molecule has 1 aromatic rings. The zero-order valence-corrected chi connectivity index (χ0v) is 8.54. The van der Waals surface area contributed by atoms with Gasteiger partial charge in [0, 0.05) is 20.6 Å². The van der Waals surface area contributed by atoms with Crippen molar-refractivity contribution in [2.24, 2.45) is 0 Å². The summed E-state index contributed by atoms with van der Waals surface area (Å²) >= 11 is 0. The molecule has 0 spiro atoms. The van der Waals surface area contributed by atoms with E-state index in [9.17, 15) is 4.79 Å². The Morgan fingerprint density at radius 3 is 2.57 bits per heavy atom. The van der Waals surface area contributed by atoms with E-state index in [1.54, 1.807) is 0 Å². The van der Waals surface area contributed by atoms with Crippen molar-refractivity contribution in [3.63, 3.8) is 0 Å². The smallest absolute Gasteiger partial charge is 0.302 e. The second-order valence-electron chi connectivity index (χ2n) is 3.01. The second-order valence-corrected chi connectivity index (χ2v) is 3.01. The van der Waals surface area contributed by atoms with Crippen molar-refractivity contribution in [3.05, 3.63) is 29.8 Å². The van der Waals surface area contributed by atoms with E-state index in [0.717, 1.165) is 17.8 Å². The van der Waals surface area contributed by atoms with Crippen LogP contribution in [0.3, 0.4) is 0 Å². The first-order valence-electron chi connectivity index (χ1n) is 4.68. The van der Waals surface area contributed by atoms with Gasteiger partial charge in [-0.1, -0.05) is 12.1 Å². The van der Waals surface area contributed by atoms with Crippen LogP contribution in [0, 0.1) is 0 Å². The minimum atomic E-state index is -0.249. The summed E-state index contributed by atoms with van der Waals surface area (Å²) in [6.07, 6.45) is 0. The van der Waals surface area contributed by atoms with E-state index in [2.05, 4.69) is 5.32 Å². The summed E-state index contributed by atoms with van der Waals surface area (Å²) in [5.74, 6) is -0.249. The summed E-state index contributed by atoms with van der Waals surface area (Å²) < 4.78 is 4.87. The van der Waals surface area contributed by atoms with E-state index in [-0.39, 0.29) is 7.40 Å². The summed E-state index contributed by atoms with van der Waals surface area (Å²) in [7, 11) is 0. The molecule has 14 heavy (non-hydrogen) atoms. The van der Waals surface area contributed by atoms with Crippen molar-refractivity contribution in [2.45, 2.75) is 20.5 Å². The molecule has 1 aromatic carbocycles. The molecule has 0 aliphatic carbocycles. The van der Waals surface area contributed by atoms with Crippen LogP contribution >= 0.6 is 0 Å². The lowest BCUT2D eigenvalue weighted by Crippen LogP contribution is -1.99. The van der Waals surface area contributed by atoms with Crippen LogP contribution in [-0.2, 0) is 16.1 Å². The molecule has 3 heteroatoms. The maximum absolute atomic E-state index is 10.6. The molecule has 1 rings (SSSR count). The van der Waals surface area contributed by atoms with E-state index in [1.807, 2.05) is 31.2 Å². The number of esters is 1. The number of benzene rings is 1. The van der Waals surface area contributed by atoms with E-state index in [1.165, 1.54) is 6.92 Å². The highest BCUT2D eigenvalue weighted by atomic mass is 16.5. The third kappa shape index (κ3) is 3.47. The van der Waals surface area contributed by atoms with Crippen molar-refractivity contribution < 1.29 is 11.0 Å². The molecule has 0 unspecified atom stereocenters. The van der Waals surface area contributed by atoms with Crippen LogP contribution in [0.1, 0.15) is 20.8 Å². The number of carbonyl (C=O) groups is 1. The van der Waals surface area contributed by atoms with E-state index in [0.29, 0.717) is 6.61 Å². The van der Waals surface area contributed by atoms with Gasteiger partial charge in [0.1, 0.15) is 6.61 Å².